The first-order valence-electron chi connectivity index (χ1n) is 12.5. The molecule has 0 bridgehead atoms. The molecule has 3 rings (SSSR count). The van der Waals surface area contributed by atoms with E-state index >= 15 is 0 Å². The van der Waals surface area contributed by atoms with Gasteiger partial charge in [-0.25, -0.2) is 4.79 Å². The van der Waals surface area contributed by atoms with Crippen LogP contribution < -0.4 is 20.9 Å². The van der Waals surface area contributed by atoms with E-state index in [1.54, 1.807) is 0 Å². The summed E-state index contributed by atoms with van der Waals surface area (Å²) < 4.78 is 0. The Bertz CT molecular complexity index is 980. The van der Waals surface area contributed by atoms with Gasteiger partial charge in [-0.15, -0.1) is 0 Å². The number of carbonyl (C=O) groups excluding carboxylic acids is 1. The van der Waals surface area contributed by atoms with E-state index in [2.05, 4.69) is 22.9 Å². The molecule has 0 saturated heterocycles. The van der Waals surface area contributed by atoms with Gasteiger partial charge in [-0.2, -0.15) is 0 Å². The molecular weight excluding hydrogens is 464 g/mol. The third-order valence-corrected chi connectivity index (χ3v) is 7.00. The van der Waals surface area contributed by atoms with E-state index in [-0.39, 0.29) is 18.0 Å². The summed E-state index contributed by atoms with van der Waals surface area (Å²) in [6, 6.07) is 15.3. The average Bonchev–Trinajstić information content (AvgIpc) is 2.85. The molecule has 4 N–H and O–H groups in total. The summed E-state index contributed by atoms with van der Waals surface area (Å²) in [5.74, 6) is 0.474. The van der Waals surface area contributed by atoms with Crippen molar-refractivity contribution in [3.05, 3.63) is 59.1 Å². The van der Waals surface area contributed by atoms with Crippen molar-refractivity contribution in [3.63, 3.8) is 0 Å². The van der Waals surface area contributed by atoms with Gasteiger partial charge in [-0.05, 0) is 75.5 Å². The first kappa shape index (κ1) is 26.8. The molecule has 0 aromatic heterocycles. The Labute approximate surface area is 213 Å². The number of nitrogens with zero attached hydrogens (tertiary/aromatic N) is 1. The Hall–Kier alpha value is -2.77. The van der Waals surface area contributed by atoms with Crippen molar-refractivity contribution in [3.8, 4) is 0 Å². The molecule has 0 heterocycles. The molecule has 35 heavy (non-hydrogen) atoms. The third-order valence-electron chi connectivity index (χ3n) is 6.76. The van der Waals surface area contributed by atoms with Crippen molar-refractivity contribution in [2.75, 3.05) is 25.0 Å². The summed E-state index contributed by atoms with van der Waals surface area (Å²) in [5.41, 5.74) is 2.31. The van der Waals surface area contributed by atoms with Gasteiger partial charge in [0.05, 0.1) is 0 Å². The zero-order chi connectivity index (χ0) is 25.2. The maximum absolute atomic E-state index is 13.2. The van der Waals surface area contributed by atoms with Crippen LogP contribution >= 0.6 is 11.6 Å². The SMILES string of the molecule is CNC(C1CCCCC1)C(C)NC(=O)c1cccc(N(CCCNC(=O)O)c2cccc(Cl)c2)c1. The second kappa shape index (κ2) is 13.4. The maximum atomic E-state index is 13.2. The van der Waals surface area contributed by atoms with E-state index in [1.165, 1.54) is 32.1 Å². The fourth-order valence-corrected chi connectivity index (χ4v) is 5.25. The van der Waals surface area contributed by atoms with E-state index in [4.69, 9.17) is 16.7 Å². The lowest BCUT2D eigenvalue weighted by Gasteiger charge is -2.34. The van der Waals surface area contributed by atoms with Crippen LogP contribution in [0.3, 0.4) is 0 Å². The smallest absolute Gasteiger partial charge is 0.404 e. The van der Waals surface area contributed by atoms with Crippen LogP contribution in [0.4, 0.5) is 16.2 Å². The van der Waals surface area contributed by atoms with Crippen LogP contribution in [0.1, 0.15) is 55.8 Å². The minimum Gasteiger partial charge on any atom is -0.465 e. The number of rotatable bonds is 11. The monoisotopic (exact) mass is 500 g/mol. The number of hydrogen-bond donors (Lipinski definition) is 4. The minimum absolute atomic E-state index is 0.00498. The molecule has 2 aromatic rings. The quantitative estimate of drug-likeness (QED) is 0.309. The zero-order valence-electron chi connectivity index (χ0n) is 20.6. The lowest BCUT2D eigenvalue weighted by Crippen LogP contribution is -2.51. The summed E-state index contributed by atoms with van der Waals surface area (Å²) in [6.45, 7) is 2.97. The fourth-order valence-electron chi connectivity index (χ4n) is 5.07. The predicted molar refractivity (Wildman–Crippen MR) is 142 cm³/mol. The van der Waals surface area contributed by atoms with Crippen molar-refractivity contribution < 1.29 is 14.7 Å². The molecule has 2 aromatic carbocycles. The molecule has 1 aliphatic carbocycles. The highest BCUT2D eigenvalue weighted by Gasteiger charge is 2.28. The average molecular weight is 501 g/mol. The van der Waals surface area contributed by atoms with Crippen molar-refractivity contribution in [2.45, 2.75) is 57.5 Å². The fraction of sp³-hybridized carbons (Fsp3) is 0.481. The van der Waals surface area contributed by atoms with E-state index in [9.17, 15) is 9.59 Å². The Kier molecular flexibility index (Phi) is 10.2. The summed E-state index contributed by atoms with van der Waals surface area (Å²) in [5, 5.41) is 18.5. The van der Waals surface area contributed by atoms with Crippen molar-refractivity contribution in [2.24, 2.45) is 5.92 Å². The highest BCUT2D eigenvalue weighted by atomic mass is 35.5. The van der Waals surface area contributed by atoms with Crippen LogP contribution in [-0.2, 0) is 0 Å². The molecule has 1 aliphatic rings. The molecule has 0 spiro atoms. The van der Waals surface area contributed by atoms with Crippen LogP contribution in [-0.4, -0.2) is 49.3 Å². The Morgan fingerprint density at radius 1 is 1.09 bits per heavy atom. The van der Waals surface area contributed by atoms with Gasteiger partial charge in [0.15, 0.2) is 0 Å². The molecule has 2 atom stereocenters. The second-order valence-corrected chi connectivity index (χ2v) is 9.68. The number of nitrogens with one attached hydrogen (secondary N) is 3. The number of anilines is 2. The first-order chi connectivity index (χ1) is 16.9. The number of carbonyl (C=O) groups is 2. The molecule has 2 unspecified atom stereocenters. The highest BCUT2D eigenvalue weighted by Crippen LogP contribution is 2.30. The Morgan fingerprint density at radius 2 is 1.77 bits per heavy atom. The van der Waals surface area contributed by atoms with Crippen LogP contribution in [0, 0.1) is 5.92 Å². The molecule has 0 aliphatic heterocycles. The van der Waals surface area contributed by atoms with E-state index in [0.29, 0.717) is 36.0 Å². The molecule has 1 saturated carbocycles. The zero-order valence-corrected chi connectivity index (χ0v) is 21.4. The van der Waals surface area contributed by atoms with Crippen LogP contribution in [0.15, 0.2) is 48.5 Å². The van der Waals surface area contributed by atoms with Gasteiger partial charge in [-0.3, -0.25) is 4.79 Å². The molecule has 7 nitrogen and oxygen atoms in total. The second-order valence-electron chi connectivity index (χ2n) is 9.24. The summed E-state index contributed by atoms with van der Waals surface area (Å²) >= 11 is 6.24. The normalized spacial score (nSPS) is 15.7. The maximum Gasteiger partial charge on any atom is 0.404 e. The minimum atomic E-state index is -1.04. The van der Waals surface area contributed by atoms with Crippen molar-refractivity contribution in [1.82, 2.24) is 16.0 Å². The van der Waals surface area contributed by atoms with Crippen LogP contribution in [0.2, 0.25) is 5.02 Å². The van der Waals surface area contributed by atoms with E-state index < -0.39 is 6.09 Å². The van der Waals surface area contributed by atoms with Crippen molar-refractivity contribution in [1.29, 1.82) is 0 Å². The number of halogens is 1. The molecule has 2 amide bonds. The van der Waals surface area contributed by atoms with Gasteiger partial charge in [0.1, 0.15) is 0 Å². The van der Waals surface area contributed by atoms with Crippen LogP contribution in [0.5, 0.6) is 0 Å². The Balaban J connectivity index is 1.75. The van der Waals surface area contributed by atoms with Crippen molar-refractivity contribution >= 4 is 35.0 Å². The third kappa shape index (κ3) is 7.87. The molecular formula is C27H37ClN4O3. The van der Waals surface area contributed by atoms with Gasteiger partial charge in [0, 0.05) is 47.1 Å². The largest absolute Gasteiger partial charge is 0.465 e. The van der Waals surface area contributed by atoms with Gasteiger partial charge < -0.3 is 26.0 Å². The van der Waals surface area contributed by atoms with Gasteiger partial charge in [0.2, 0.25) is 0 Å². The molecule has 0 radical (unpaired) electrons. The topological polar surface area (TPSA) is 93.7 Å². The van der Waals surface area contributed by atoms with E-state index in [0.717, 1.165) is 11.4 Å². The summed E-state index contributed by atoms with van der Waals surface area (Å²) in [4.78, 5) is 26.1. The van der Waals surface area contributed by atoms with Gasteiger partial charge >= 0.3 is 6.09 Å². The van der Waals surface area contributed by atoms with Gasteiger partial charge in [0.25, 0.3) is 5.91 Å². The number of hydrogen-bond acceptors (Lipinski definition) is 4. The number of carboxylic acid groups (broad SMARTS) is 1. The molecule has 8 heteroatoms. The summed E-state index contributed by atoms with van der Waals surface area (Å²) in [6.07, 6.45) is 5.77. The lowest BCUT2D eigenvalue weighted by molar-refractivity contribution is 0.0920. The van der Waals surface area contributed by atoms with E-state index in [1.807, 2.05) is 60.5 Å². The van der Waals surface area contributed by atoms with Crippen LogP contribution in [0.25, 0.3) is 0 Å². The predicted octanol–water partition coefficient (Wildman–Crippen LogP) is 5.42. The number of benzene rings is 2. The number of likely N-dealkylation sites (N-methyl/N-ethyl adjacent to an activating group) is 1. The number of amides is 2. The molecule has 1 fully saturated rings. The highest BCUT2D eigenvalue weighted by molar-refractivity contribution is 6.30. The Morgan fingerprint density at radius 3 is 2.43 bits per heavy atom. The summed E-state index contributed by atoms with van der Waals surface area (Å²) in [7, 11) is 1.98. The lowest BCUT2D eigenvalue weighted by atomic mass is 9.81. The standard InChI is InChI=1S/C27H37ClN4O3/c1-19(25(29-2)20-9-4-3-5-10-20)31-26(33)21-11-6-13-23(17-21)32(16-8-15-30-27(34)35)24-14-7-12-22(28)18-24/h6-7,11-14,17-20,25,29-30H,3-5,8-10,15-16H2,1-2H3,(H,31,33)(H,34,35). The first-order valence-corrected chi connectivity index (χ1v) is 12.8. The van der Waals surface area contributed by atoms with Gasteiger partial charge in [-0.1, -0.05) is 43.0 Å². The molecule has 190 valence electrons.